The number of rotatable bonds is 2. The van der Waals surface area contributed by atoms with Crippen molar-refractivity contribution < 1.29 is 0 Å². The molecule has 0 atom stereocenters. The van der Waals surface area contributed by atoms with E-state index in [0.29, 0.717) is 0 Å². The lowest BCUT2D eigenvalue weighted by Gasteiger charge is -2.09. The number of fused-ring (bicyclic) bond motifs is 1. The predicted molar refractivity (Wildman–Crippen MR) is 76.2 cm³/mol. The average molecular weight is 234 g/mol. The first-order valence-corrected chi connectivity index (χ1v) is 6.00. The van der Waals surface area contributed by atoms with Gasteiger partial charge in [0.25, 0.3) is 0 Å². The van der Waals surface area contributed by atoms with E-state index in [1.807, 2.05) is 42.6 Å². The van der Waals surface area contributed by atoms with Crippen LogP contribution in [0.25, 0.3) is 10.8 Å². The van der Waals surface area contributed by atoms with Gasteiger partial charge in [-0.25, -0.2) is 4.98 Å². The van der Waals surface area contributed by atoms with Crippen molar-refractivity contribution in [3.63, 3.8) is 0 Å². The van der Waals surface area contributed by atoms with Crippen molar-refractivity contribution in [1.82, 2.24) is 4.98 Å². The van der Waals surface area contributed by atoms with Gasteiger partial charge in [0.15, 0.2) is 0 Å². The molecule has 2 heteroatoms. The van der Waals surface area contributed by atoms with Gasteiger partial charge in [-0.15, -0.1) is 0 Å². The molecular weight excluding hydrogens is 220 g/mol. The van der Waals surface area contributed by atoms with Crippen LogP contribution in [0, 0.1) is 6.92 Å². The van der Waals surface area contributed by atoms with E-state index in [1.165, 1.54) is 10.9 Å². The minimum absolute atomic E-state index is 0.902. The number of pyridine rings is 1. The standard InChI is InChI=1S/C16H14N2/c1-12-7-8-15-13(11-12)9-10-17-16(15)18-14-5-3-2-4-6-14/h2-11H,1H3,(H,17,18). The van der Waals surface area contributed by atoms with Gasteiger partial charge in [-0.2, -0.15) is 0 Å². The summed E-state index contributed by atoms with van der Waals surface area (Å²) >= 11 is 0. The molecule has 0 spiro atoms. The number of benzene rings is 2. The smallest absolute Gasteiger partial charge is 0.138 e. The number of aromatic nitrogens is 1. The Morgan fingerprint density at radius 3 is 2.61 bits per heavy atom. The van der Waals surface area contributed by atoms with Gasteiger partial charge in [0.1, 0.15) is 5.82 Å². The fraction of sp³-hybridized carbons (Fsp3) is 0.0625. The second-order valence-corrected chi connectivity index (χ2v) is 4.38. The summed E-state index contributed by atoms with van der Waals surface area (Å²) in [6.45, 7) is 2.10. The predicted octanol–water partition coefficient (Wildman–Crippen LogP) is 4.29. The van der Waals surface area contributed by atoms with Gasteiger partial charge in [0, 0.05) is 17.3 Å². The highest BCUT2D eigenvalue weighted by Crippen LogP contribution is 2.24. The summed E-state index contributed by atoms with van der Waals surface area (Å²) in [7, 11) is 0. The summed E-state index contributed by atoms with van der Waals surface area (Å²) in [6, 6.07) is 18.5. The molecule has 0 radical (unpaired) electrons. The normalized spacial score (nSPS) is 10.5. The van der Waals surface area contributed by atoms with E-state index in [-0.39, 0.29) is 0 Å². The molecule has 0 aliphatic rings. The molecule has 0 saturated heterocycles. The molecule has 0 aliphatic carbocycles. The number of nitrogens with one attached hydrogen (secondary N) is 1. The average Bonchev–Trinajstić information content (AvgIpc) is 2.40. The molecule has 1 aromatic heterocycles. The lowest BCUT2D eigenvalue weighted by atomic mass is 10.1. The molecule has 2 nitrogen and oxygen atoms in total. The molecule has 2 aromatic carbocycles. The zero-order chi connectivity index (χ0) is 12.4. The maximum absolute atomic E-state index is 4.42. The summed E-state index contributed by atoms with van der Waals surface area (Å²) in [6.07, 6.45) is 1.84. The first kappa shape index (κ1) is 10.8. The molecule has 88 valence electrons. The molecule has 0 saturated carbocycles. The van der Waals surface area contributed by atoms with Crippen molar-refractivity contribution in [3.8, 4) is 0 Å². The fourth-order valence-electron chi connectivity index (χ4n) is 2.06. The largest absolute Gasteiger partial charge is 0.340 e. The minimum Gasteiger partial charge on any atom is -0.340 e. The Hall–Kier alpha value is -2.35. The van der Waals surface area contributed by atoms with Crippen molar-refractivity contribution in [1.29, 1.82) is 0 Å². The quantitative estimate of drug-likeness (QED) is 0.715. The topological polar surface area (TPSA) is 24.9 Å². The Morgan fingerprint density at radius 2 is 1.78 bits per heavy atom. The first-order chi connectivity index (χ1) is 8.83. The summed E-state index contributed by atoms with van der Waals surface area (Å²) in [4.78, 5) is 4.42. The van der Waals surface area contributed by atoms with Crippen LogP contribution in [0.5, 0.6) is 0 Å². The number of para-hydroxylation sites is 1. The third kappa shape index (κ3) is 2.05. The Kier molecular flexibility index (Phi) is 2.69. The van der Waals surface area contributed by atoms with Crippen LogP contribution >= 0.6 is 0 Å². The van der Waals surface area contributed by atoms with E-state index in [2.05, 4.69) is 35.4 Å². The zero-order valence-electron chi connectivity index (χ0n) is 10.2. The number of nitrogens with zero attached hydrogens (tertiary/aromatic N) is 1. The summed E-state index contributed by atoms with van der Waals surface area (Å²) in [5.74, 6) is 0.902. The van der Waals surface area contributed by atoms with Crippen molar-refractivity contribution >= 4 is 22.3 Å². The van der Waals surface area contributed by atoms with Gasteiger partial charge in [-0.3, -0.25) is 0 Å². The maximum atomic E-state index is 4.42. The number of hydrogen-bond acceptors (Lipinski definition) is 2. The van der Waals surface area contributed by atoms with E-state index >= 15 is 0 Å². The van der Waals surface area contributed by atoms with Crippen LogP contribution in [-0.4, -0.2) is 4.98 Å². The lowest BCUT2D eigenvalue weighted by molar-refractivity contribution is 1.33. The zero-order valence-corrected chi connectivity index (χ0v) is 10.2. The van der Waals surface area contributed by atoms with Crippen molar-refractivity contribution in [2.45, 2.75) is 6.92 Å². The Labute approximate surface area is 106 Å². The number of aryl methyl sites for hydroxylation is 1. The fourth-order valence-corrected chi connectivity index (χ4v) is 2.06. The van der Waals surface area contributed by atoms with Crippen LogP contribution in [0.2, 0.25) is 0 Å². The molecule has 1 heterocycles. The Balaban J connectivity index is 2.07. The van der Waals surface area contributed by atoms with Crippen LogP contribution in [-0.2, 0) is 0 Å². The highest BCUT2D eigenvalue weighted by Gasteiger charge is 2.02. The highest BCUT2D eigenvalue weighted by molar-refractivity contribution is 5.93. The van der Waals surface area contributed by atoms with Crippen molar-refractivity contribution in [2.75, 3.05) is 5.32 Å². The van der Waals surface area contributed by atoms with Gasteiger partial charge in [0.05, 0.1) is 0 Å². The lowest BCUT2D eigenvalue weighted by Crippen LogP contribution is -1.94. The second-order valence-electron chi connectivity index (χ2n) is 4.38. The summed E-state index contributed by atoms with van der Waals surface area (Å²) in [5.41, 5.74) is 2.32. The molecule has 0 aliphatic heterocycles. The summed E-state index contributed by atoms with van der Waals surface area (Å²) < 4.78 is 0. The van der Waals surface area contributed by atoms with E-state index in [1.54, 1.807) is 0 Å². The molecule has 0 unspecified atom stereocenters. The third-order valence-electron chi connectivity index (χ3n) is 2.96. The molecule has 0 fully saturated rings. The third-order valence-corrected chi connectivity index (χ3v) is 2.96. The molecule has 3 aromatic rings. The van der Waals surface area contributed by atoms with Crippen LogP contribution in [0.3, 0.4) is 0 Å². The van der Waals surface area contributed by atoms with E-state index in [4.69, 9.17) is 0 Å². The van der Waals surface area contributed by atoms with Gasteiger partial charge in [-0.1, -0.05) is 42.0 Å². The number of hydrogen-bond donors (Lipinski definition) is 1. The maximum Gasteiger partial charge on any atom is 0.138 e. The van der Waals surface area contributed by atoms with Crippen LogP contribution in [0.15, 0.2) is 60.8 Å². The Bertz CT molecular complexity index is 675. The SMILES string of the molecule is Cc1ccc2c(Nc3ccccc3)nccc2c1. The van der Waals surface area contributed by atoms with E-state index < -0.39 is 0 Å². The van der Waals surface area contributed by atoms with Crippen LogP contribution < -0.4 is 5.32 Å². The highest BCUT2D eigenvalue weighted by atomic mass is 15.0. The Morgan fingerprint density at radius 1 is 0.944 bits per heavy atom. The van der Waals surface area contributed by atoms with Gasteiger partial charge in [0.2, 0.25) is 0 Å². The molecule has 0 bridgehead atoms. The molecule has 0 amide bonds. The second kappa shape index (κ2) is 4.49. The van der Waals surface area contributed by atoms with E-state index in [0.717, 1.165) is 16.9 Å². The summed E-state index contributed by atoms with van der Waals surface area (Å²) in [5, 5.41) is 5.71. The monoisotopic (exact) mass is 234 g/mol. The van der Waals surface area contributed by atoms with Crippen LogP contribution in [0.4, 0.5) is 11.5 Å². The van der Waals surface area contributed by atoms with Gasteiger partial charge >= 0.3 is 0 Å². The minimum atomic E-state index is 0.902. The van der Waals surface area contributed by atoms with Crippen molar-refractivity contribution in [3.05, 3.63) is 66.4 Å². The van der Waals surface area contributed by atoms with Gasteiger partial charge in [-0.05, 0) is 30.5 Å². The molecular formula is C16H14N2. The van der Waals surface area contributed by atoms with E-state index in [9.17, 15) is 0 Å². The molecule has 1 N–H and O–H groups in total. The first-order valence-electron chi connectivity index (χ1n) is 6.00. The van der Waals surface area contributed by atoms with Crippen molar-refractivity contribution in [2.24, 2.45) is 0 Å². The molecule has 3 rings (SSSR count). The van der Waals surface area contributed by atoms with Gasteiger partial charge < -0.3 is 5.32 Å². The number of anilines is 2. The molecule has 18 heavy (non-hydrogen) atoms. The van der Waals surface area contributed by atoms with Crippen LogP contribution in [0.1, 0.15) is 5.56 Å².